The summed E-state index contributed by atoms with van der Waals surface area (Å²) in [5, 5.41) is 8.39. The number of imidazole rings is 1. The number of methoxy groups -OCH3 is 1. The summed E-state index contributed by atoms with van der Waals surface area (Å²) >= 11 is 0. The molecule has 2 aromatic heterocycles. The van der Waals surface area contributed by atoms with Gasteiger partial charge >= 0.3 is 6.18 Å². The van der Waals surface area contributed by atoms with Crippen molar-refractivity contribution in [1.82, 2.24) is 24.5 Å². The number of carbonyl (C=O) groups excluding carboxylic acids is 1. The van der Waals surface area contributed by atoms with Gasteiger partial charge in [0.2, 0.25) is 0 Å². The Morgan fingerprint density at radius 3 is 2.59 bits per heavy atom. The molecule has 1 amide bonds. The van der Waals surface area contributed by atoms with Crippen molar-refractivity contribution in [3.63, 3.8) is 0 Å². The second-order valence-electron chi connectivity index (χ2n) is 9.14. The molecule has 37 heavy (non-hydrogen) atoms. The maximum Gasteiger partial charge on any atom is 0.406 e. The molecule has 8 nitrogen and oxygen atoms in total. The molecule has 0 aliphatic carbocycles. The third-order valence-electron chi connectivity index (χ3n) is 6.52. The average Bonchev–Trinajstić information content (AvgIpc) is 3.52. The van der Waals surface area contributed by atoms with Gasteiger partial charge in [0, 0.05) is 17.4 Å². The molecule has 0 spiro atoms. The zero-order chi connectivity index (χ0) is 26.3. The van der Waals surface area contributed by atoms with Crippen LogP contribution in [0.15, 0.2) is 61.2 Å². The number of amides is 1. The average molecular weight is 511 g/mol. The predicted octanol–water partition coefficient (Wildman–Crippen LogP) is 5.09. The molecule has 0 saturated carbocycles. The number of alkyl halides is 3. The van der Waals surface area contributed by atoms with Crippen molar-refractivity contribution < 1.29 is 22.7 Å². The second kappa shape index (κ2) is 9.38. The fourth-order valence-electron chi connectivity index (χ4n) is 4.74. The Kier molecular flexibility index (Phi) is 6.22. The van der Waals surface area contributed by atoms with Crippen LogP contribution in [0.25, 0.3) is 16.9 Å². The number of aryl methyl sites for hydroxylation is 1. The van der Waals surface area contributed by atoms with E-state index < -0.39 is 24.7 Å². The highest BCUT2D eigenvalue weighted by Gasteiger charge is 2.41. The van der Waals surface area contributed by atoms with Crippen molar-refractivity contribution in [3.8, 4) is 22.7 Å². The number of halogens is 3. The minimum Gasteiger partial charge on any atom is -0.495 e. The second-order valence-corrected chi connectivity index (χ2v) is 9.14. The van der Waals surface area contributed by atoms with E-state index in [1.165, 1.54) is 4.68 Å². The Bertz CT molecular complexity index is 1440. The molecule has 1 aliphatic heterocycles. The maximum absolute atomic E-state index is 13.5. The first-order valence-corrected chi connectivity index (χ1v) is 11.7. The lowest BCUT2D eigenvalue weighted by atomic mass is 9.94. The van der Waals surface area contributed by atoms with Gasteiger partial charge < -0.3 is 14.2 Å². The molecule has 192 valence electrons. The fourth-order valence-corrected chi connectivity index (χ4v) is 4.74. The quantitative estimate of drug-likeness (QED) is 0.374. The van der Waals surface area contributed by atoms with Gasteiger partial charge in [0.15, 0.2) is 0 Å². The lowest BCUT2D eigenvalue weighted by molar-refractivity contribution is -0.134. The highest BCUT2D eigenvalue weighted by atomic mass is 19.4. The van der Waals surface area contributed by atoms with Crippen LogP contribution >= 0.6 is 0 Å². The van der Waals surface area contributed by atoms with Crippen LogP contribution in [0.3, 0.4) is 0 Å². The van der Waals surface area contributed by atoms with Crippen LogP contribution in [0.5, 0.6) is 5.75 Å². The van der Waals surface area contributed by atoms with Crippen LogP contribution < -0.4 is 9.64 Å². The summed E-state index contributed by atoms with van der Waals surface area (Å²) in [7, 11) is 1.56. The monoisotopic (exact) mass is 510 g/mol. The summed E-state index contributed by atoms with van der Waals surface area (Å²) in [5.74, 6) is -0.265. The zero-order valence-electron chi connectivity index (χ0n) is 20.5. The van der Waals surface area contributed by atoms with Crippen LogP contribution in [0.4, 0.5) is 18.9 Å². The standard InChI is InChI=1S/C26H25F3N6O2/c1-16-10-23(25(36)34(14-26(27,28)29)21-7-5-4-6-19(16)21)35-13-20(31-32-35)18-8-9-22(24(11-18)37-3)33-12-17(2)30-15-33/h4-9,11-13,15-16,23H,10,14H2,1-3H3/t16-,23+/m0/s1. The topological polar surface area (TPSA) is 78.1 Å². The Labute approximate surface area is 211 Å². The Hall–Kier alpha value is -4.15. The zero-order valence-corrected chi connectivity index (χ0v) is 20.5. The summed E-state index contributed by atoms with van der Waals surface area (Å²) in [5.41, 5.74) is 3.77. The van der Waals surface area contributed by atoms with Crippen LogP contribution in [0.1, 0.15) is 36.6 Å². The minimum absolute atomic E-state index is 0.172. The van der Waals surface area contributed by atoms with Gasteiger partial charge in [0.1, 0.15) is 24.0 Å². The summed E-state index contributed by atoms with van der Waals surface area (Å²) in [4.78, 5) is 18.5. The molecule has 2 atom stereocenters. The van der Waals surface area contributed by atoms with E-state index in [1.807, 2.05) is 36.7 Å². The number of carbonyl (C=O) groups is 1. The number of fused-ring (bicyclic) bond motifs is 1. The van der Waals surface area contributed by atoms with E-state index in [2.05, 4.69) is 15.3 Å². The molecule has 0 unspecified atom stereocenters. The van der Waals surface area contributed by atoms with E-state index in [9.17, 15) is 18.0 Å². The molecule has 4 aromatic rings. The number of anilines is 1. The molecule has 0 radical (unpaired) electrons. The van der Waals surface area contributed by atoms with Gasteiger partial charge in [0.25, 0.3) is 5.91 Å². The van der Waals surface area contributed by atoms with Crippen LogP contribution in [0.2, 0.25) is 0 Å². The first-order chi connectivity index (χ1) is 17.6. The summed E-state index contributed by atoms with van der Waals surface area (Å²) in [6.07, 6.45) is 0.882. The number of rotatable bonds is 5. The van der Waals surface area contributed by atoms with E-state index in [0.717, 1.165) is 16.3 Å². The largest absolute Gasteiger partial charge is 0.495 e. The molecule has 1 aliphatic rings. The van der Waals surface area contributed by atoms with Crippen molar-refractivity contribution in [3.05, 3.63) is 72.4 Å². The number of para-hydroxylation sites is 1. The van der Waals surface area contributed by atoms with E-state index in [1.54, 1.807) is 50.0 Å². The molecule has 0 fully saturated rings. The predicted molar refractivity (Wildman–Crippen MR) is 131 cm³/mol. The van der Waals surface area contributed by atoms with Crippen molar-refractivity contribution in [2.45, 2.75) is 38.4 Å². The Morgan fingerprint density at radius 2 is 1.89 bits per heavy atom. The van der Waals surface area contributed by atoms with Gasteiger partial charge in [0.05, 0.1) is 31.0 Å². The lowest BCUT2D eigenvalue weighted by Gasteiger charge is -2.26. The highest BCUT2D eigenvalue weighted by molar-refractivity contribution is 5.98. The maximum atomic E-state index is 13.5. The number of hydrogen-bond donors (Lipinski definition) is 0. The third kappa shape index (κ3) is 4.81. The fraction of sp³-hybridized carbons (Fsp3) is 0.308. The van der Waals surface area contributed by atoms with Gasteiger partial charge in [-0.25, -0.2) is 9.67 Å². The van der Waals surface area contributed by atoms with E-state index in [0.29, 0.717) is 22.6 Å². The highest BCUT2D eigenvalue weighted by Crippen LogP contribution is 2.40. The van der Waals surface area contributed by atoms with Gasteiger partial charge in [-0.15, -0.1) is 5.10 Å². The SMILES string of the molecule is COc1cc(-c2cn([C@@H]3C[C@H](C)c4ccccc4N(CC(F)(F)F)C3=O)nn2)ccc1-n1cnc(C)c1. The van der Waals surface area contributed by atoms with Gasteiger partial charge in [-0.2, -0.15) is 13.2 Å². The molecule has 0 saturated heterocycles. The van der Waals surface area contributed by atoms with Gasteiger partial charge in [-0.1, -0.05) is 36.4 Å². The number of nitrogens with zero attached hydrogens (tertiary/aromatic N) is 6. The van der Waals surface area contributed by atoms with Crippen molar-refractivity contribution >= 4 is 11.6 Å². The van der Waals surface area contributed by atoms with Crippen molar-refractivity contribution in [1.29, 1.82) is 0 Å². The van der Waals surface area contributed by atoms with Gasteiger partial charge in [-0.05, 0) is 43.0 Å². The van der Waals surface area contributed by atoms with Crippen molar-refractivity contribution in [2.75, 3.05) is 18.6 Å². The number of ether oxygens (including phenoxy) is 1. The summed E-state index contributed by atoms with van der Waals surface area (Å²) in [6.45, 7) is 2.41. The normalized spacial score (nSPS) is 18.0. The van der Waals surface area contributed by atoms with Crippen LogP contribution in [-0.2, 0) is 4.79 Å². The molecule has 3 heterocycles. The van der Waals surface area contributed by atoms with E-state index in [-0.39, 0.29) is 18.0 Å². The summed E-state index contributed by atoms with van der Waals surface area (Å²) in [6, 6.07) is 11.3. The van der Waals surface area contributed by atoms with E-state index in [4.69, 9.17) is 4.74 Å². The molecule has 11 heteroatoms. The first-order valence-electron chi connectivity index (χ1n) is 11.7. The lowest BCUT2D eigenvalue weighted by Crippen LogP contribution is -2.42. The molecular formula is C26H25F3N6O2. The molecular weight excluding hydrogens is 485 g/mol. The third-order valence-corrected chi connectivity index (χ3v) is 6.52. The van der Waals surface area contributed by atoms with E-state index >= 15 is 0 Å². The van der Waals surface area contributed by atoms with Crippen molar-refractivity contribution in [2.24, 2.45) is 0 Å². The summed E-state index contributed by atoms with van der Waals surface area (Å²) < 4.78 is 49.2. The molecule has 2 aromatic carbocycles. The first kappa shape index (κ1) is 24.5. The smallest absolute Gasteiger partial charge is 0.406 e. The Morgan fingerprint density at radius 1 is 1.11 bits per heavy atom. The van der Waals surface area contributed by atoms with Crippen LogP contribution in [0, 0.1) is 6.92 Å². The molecule has 0 N–H and O–H groups in total. The molecule has 0 bridgehead atoms. The molecule has 5 rings (SSSR count). The van der Waals surface area contributed by atoms with Gasteiger partial charge in [-0.3, -0.25) is 4.79 Å². The Balaban J connectivity index is 1.49. The number of aromatic nitrogens is 5. The number of benzene rings is 2. The van der Waals surface area contributed by atoms with Crippen LogP contribution in [-0.4, -0.2) is 50.3 Å². The number of hydrogen-bond acceptors (Lipinski definition) is 5. The minimum atomic E-state index is -4.56.